The fourth-order valence-electron chi connectivity index (χ4n) is 1.92. The average molecular weight is 170 g/mol. The van der Waals surface area contributed by atoms with E-state index < -0.39 is 0 Å². The highest BCUT2D eigenvalue weighted by Gasteiger charge is 2.26. The maximum Gasteiger partial charge on any atom is 0.00953 e. The van der Waals surface area contributed by atoms with Gasteiger partial charge in [0, 0.05) is 6.04 Å². The van der Waals surface area contributed by atoms with Gasteiger partial charge in [-0.05, 0) is 44.7 Å². The van der Waals surface area contributed by atoms with Gasteiger partial charge in [-0.1, -0.05) is 13.3 Å². The fourth-order valence-corrected chi connectivity index (χ4v) is 1.92. The minimum Gasteiger partial charge on any atom is -0.330 e. The van der Waals surface area contributed by atoms with Gasteiger partial charge in [-0.15, -0.1) is 0 Å². The molecule has 2 heteroatoms. The molecule has 1 aliphatic rings. The molecule has 1 saturated carbocycles. The first kappa shape index (κ1) is 10.0. The summed E-state index contributed by atoms with van der Waals surface area (Å²) in [7, 11) is 2.08. The molecule has 0 aromatic rings. The highest BCUT2D eigenvalue weighted by molar-refractivity contribution is 4.82. The molecule has 0 saturated heterocycles. The van der Waals surface area contributed by atoms with E-state index in [1.807, 2.05) is 0 Å². The minimum absolute atomic E-state index is 0.669. The molecule has 0 bridgehead atoms. The third-order valence-corrected chi connectivity index (χ3v) is 3.15. The van der Waals surface area contributed by atoms with Crippen LogP contribution in [0.5, 0.6) is 0 Å². The van der Waals surface area contributed by atoms with Crippen molar-refractivity contribution >= 4 is 0 Å². The standard InChI is InChI=1S/C10H22N2/c1-8(7-11)6-10(12-2)9-4-3-5-9/h8-10,12H,3-7,11H2,1-2H3. The monoisotopic (exact) mass is 170 g/mol. The van der Waals surface area contributed by atoms with Gasteiger partial charge in [0.1, 0.15) is 0 Å². The highest BCUT2D eigenvalue weighted by Crippen LogP contribution is 2.31. The van der Waals surface area contributed by atoms with Crippen LogP contribution in [0, 0.1) is 11.8 Å². The number of rotatable bonds is 5. The molecule has 2 nitrogen and oxygen atoms in total. The van der Waals surface area contributed by atoms with E-state index in [2.05, 4.69) is 19.3 Å². The van der Waals surface area contributed by atoms with Gasteiger partial charge in [-0.3, -0.25) is 0 Å². The van der Waals surface area contributed by atoms with Crippen LogP contribution in [0.15, 0.2) is 0 Å². The molecular weight excluding hydrogens is 148 g/mol. The van der Waals surface area contributed by atoms with Crippen LogP contribution in [0.25, 0.3) is 0 Å². The maximum atomic E-state index is 5.61. The molecule has 3 N–H and O–H groups in total. The van der Waals surface area contributed by atoms with Gasteiger partial charge < -0.3 is 11.1 Å². The van der Waals surface area contributed by atoms with Crippen LogP contribution in [-0.2, 0) is 0 Å². The topological polar surface area (TPSA) is 38.0 Å². The van der Waals surface area contributed by atoms with E-state index in [1.165, 1.54) is 25.7 Å². The molecule has 0 aromatic heterocycles. The van der Waals surface area contributed by atoms with Gasteiger partial charge in [0.25, 0.3) is 0 Å². The first-order valence-electron chi connectivity index (χ1n) is 5.15. The van der Waals surface area contributed by atoms with Crippen LogP contribution in [0.4, 0.5) is 0 Å². The van der Waals surface area contributed by atoms with Crippen molar-refractivity contribution in [2.24, 2.45) is 17.6 Å². The molecular formula is C10H22N2. The number of hydrogen-bond donors (Lipinski definition) is 2. The molecule has 1 fully saturated rings. The summed E-state index contributed by atoms with van der Waals surface area (Å²) in [6, 6.07) is 0.720. The highest BCUT2D eigenvalue weighted by atomic mass is 14.9. The predicted molar refractivity (Wildman–Crippen MR) is 53.0 cm³/mol. The van der Waals surface area contributed by atoms with Crippen LogP contribution in [0.1, 0.15) is 32.6 Å². The third kappa shape index (κ3) is 2.46. The van der Waals surface area contributed by atoms with Crippen molar-refractivity contribution in [2.75, 3.05) is 13.6 Å². The van der Waals surface area contributed by atoms with Crippen LogP contribution >= 0.6 is 0 Å². The summed E-state index contributed by atoms with van der Waals surface area (Å²) < 4.78 is 0. The fraction of sp³-hybridized carbons (Fsp3) is 1.00. The molecule has 2 atom stereocenters. The lowest BCUT2D eigenvalue weighted by Crippen LogP contribution is -2.39. The second-order valence-electron chi connectivity index (χ2n) is 4.16. The Balaban J connectivity index is 2.24. The SMILES string of the molecule is CNC(CC(C)CN)C1CCC1. The van der Waals surface area contributed by atoms with Crippen molar-refractivity contribution < 1.29 is 0 Å². The van der Waals surface area contributed by atoms with Crippen molar-refractivity contribution in [1.29, 1.82) is 0 Å². The van der Waals surface area contributed by atoms with E-state index in [4.69, 9.17) is 5.73 Å². The average Bonchev–Trinajstić information content (AvgIpc) is 1.99. The van der Waals surface area contributed by atoms with E-state index in [0.29, 0.717) is 5.92 Å². The molecule has 0 aliphatic heterocycles. The number of nitrogens with one attached hydrogen (secondary N) is 1. The Kier molecular flexibility index (Phi) is 4.02. The summed E-state index contributed by atoms with van der Waals surface area (Å²) >= 11 is 0. The Bertz CT molecular complexity index is 121. The van der Waals surface area contributed by atoms with Gasteiger partial charge >= 0.3 is 0 Å². The van der Waals surface area contributed by atoms with Gasteiger partial charge in [0.05, 0.1) is 0 Å². The van der Waals surface area contributed by atoms with Gasteiger partial charge in [-0.2, -0.15) is 0 Å². The van der Waals surface area contributed by atoms with E-state index in [9.17, 15) is 0 Å². The maximum absolute atomic E-state index is 5.61. The van der Waals surface area contributed by atoms with Crippen molar-refractivity contribution in [2.45, 2.75) is 38.6 Å². The molecule has 72 valence electrons. The molecule has 2 unspecified atom stereocenters. The van der Waals surface area contributed by atoms with Crippen LogP contribution < -0.4 is 11.1 Å². The minimum atomic E-state index is 0.669. The molecule has 0 heterocycles. The Labute approximate surface area is 75.9 Å². The Morgan fingerprint density at radius 3 is 2.50 bits per heavy atom. The zero-order valence-electron chi connectivity index (χ0n) is 8.34. The summed E-state index contributed by atoms with van der Waals surface area (Å²) in [5, 5.41) is 3.41. The molecule has 1 rings (SSSR count). The van der Waals surface area contributed by atoms with Crippen molar-refractivity contribution in [3.63, 3.8) is 0 Å². The smallest absolute Gasteiger partial charge is 0.00953 e. The lowest BCUT2D eigenvalue weighted by atomic mass is 9.77. The van der Waals surface area contributed by atoms with Gasteiger partial charge in [0.2, 0.25) is 0 Å². The van der Waals surface area contributed by atoms with Crippen molar-refractivity contribution in [1.82, 2.24) is 5.32 Å². The first-order chi connectivity index (χ1) is 5.77. The van der Waals surface area contributed by atoms with Crippen LogP contribution in [0.3, 0.4) is 0 Å². The van der Waals surface area contributed by atoms with Crippen LogP contribution in [0.2, 0.25) is 0 Å². The van der Waals surface area contributed by atoms with Crippen molar-refractivity contribution in [3.8, 4) is 0 Å². The Morgan fingerprint density at radius 1 is 1.50 bits per heavy atom. The van der Waals surface area contributed by atoms with E-state index >= 15 is 0 Å². The lowest BCUT2D eigenvalue weighted by Gasteiger charge is -2.34. The predicted octanol–water partition coefficient (Wildman–Crippen LogP) is 1.36. The molecule has 0 amide bonds. The molecule has 12 heavy (non-hydrogen) atoms. The molecule has 1 aliphatic carbocycles. The van der Waals surface area contributed by atoms with Crippen LogP contribution in [-0.4, -0.2) is 19.6 Å². The zero-order valence-corrected chi connectivity index (χ0v) is 8.34. The van der Waals surface area contributed by atoms with E-state index in [-0.39, 0.29) is 0 Å². The quantitative estimate of drug-likeness (QED) is 0.654. The lowest BCUT2D eigenvalue weighted by molar-refractivity contribution is 0.212. The zero-order chi connectivity index (χ0) is 8.97. The summed E-state index contributed by atoms with van der Waals surface area (Å²) in [6.45, 7) is 3.06. The largest absolute Gasteiger partial charge is 0.330 e. The molecule has 0 radical (unpaired) electrons. The Hall–Kier alpha value is -0.0800. The van der Waals surface area contributed by atoms with Crippen molar-refractivity contribution in [3.05, 3.63) is 0 Å². The summed E-state index contributed by atoms with van der Waals surface area (Å²) in [5.74, 6) is 1.60. The third-order valence-electron chi connectivity index (χ3n) is 3.15. The van der Waals surface area contributed by atoms with E-state index in [1.54, 1.807) is 0 Å². The van der Waals surface area contributed by atoms with Gasteiger partial charge in [-0.25, -0.2) is 0 Å². The van der Waals surface area contributed by atoms with E-state index in [0.717, 1.165) is 18.5 Å². The normalized spacial score (nSPS) is 23.2. The summed E-state index contributed by atoms with van der Waals surface area (Å²) in [4.78, 5) is 0. The first-order valence-corrected chi connectivity index (χ1v) is 5.15. The molecule has 0 aromatic carbocycles. The summed E-state index contributed by atoms with van der Waals surface area (Å²) in [5.41, 5.74) is 5.61. The summed E-state index contributed by atoms with van der Waals surface area (Å²) in [6.07, 6.45) is 5.52. The van der Waals surface area contributed by atoms with Gasteiger partial charge in [0.15, 0.2) is 0 Å². The molecule has 0 spiro atoms. The number of nitrogens with two attached hydrogens (primary N) is 1. The Morgan fingerprint density at radius 2 is 2.17 bits per heavy atom. The second-order valence-corrected chi connectivity index (χ2v) is 4.16. The number of hydrogen-bond acceptors (Lipinski definition) is 2. The second kappa shape index (κ2) is 4.83.